The van der Waals surface area contributed by atoms with Gasteiger partial charge in [0.1, 0.15) is 12.3 Å². The zero-order valence-electron chi connectivity index (χ0n) is 12.3. The molecule has 0 atom stereocenters. The van der Waals surface area contributed by atoms with Gasteiger partial charge in [-0.1, -0.05) is 18.2 Å². The first kappa shape index (κ1) is 14.9. The van der Waals surface area contributed by atoms with E-state index in [0.29, 0.717) is 17.1 Å². The molecule has 23 heavy (non-hydrogen) atoms. The number of hydrogen-bond acceptors (Lipinski definition) is 5. The van der Waals surface area contributed by atoms with Gasteiger partial charge in [0.2, 0.25) is 5.88 Å². The minimum absolute atomic E-state index is 0.0209. The topological polar surface area (TPSA) is 85.2 Å². The van der Waals surface area contributed by atoms with Crippen LogP contribution in [0.2, 0.25) is 0 Å². The summed E-state index contributed by atoms with van der Waals surface area (Å²) in [7, 11) is 0. The molecule has 6 nitrogen and oxygen atoms in total. The molecule has 0 amide bonds. The molecule has 2 aromatic heterocycles. The number of aryl methyl sites for hydroxylation is 1. The third kappa shape index (κ3) is 3.79. The lowest BCUT2D eigenvalue weighted by Crippen LogP contribution is -2.06. The first-order valence-electron chi connectivity index (χ1n) is 7.22. The van der Waals surface area contributed by atoms with Crippen LogP contribution in [0.25, 0.3) is 11.0 Å². The predicted molar refractivity (Wildman–Crippen MR) is 84.1 cm³/mol. The van der Waals surface area contributed by atoms with E-state index in [4.69, 9.17) is 9.84 Å². The number of carboxylic acids is 1. The van der Waals surface area contributed by atoms with Crippen LogP contribution in [0.3, 0.4) is 0 Å². The summed E-state index contributed by atoms with van der Waals surface area (Å²) >= 11 is 0. The standard InChI is InChI=1S/C17H15N3O3/c21-16(22)9-8-15-17(23-11-12-5-3-4-10-18-12)20-14-7-2-1-6-13(14)19-15/h1-7,10H,8-9,11H2,(H,21,22). The molecule has 3 rings (SSSR count). The van der Waals surface area contributed by atoms with Gasteiger partial charge in [0.05, 0.1) is 23.1 Å². The molecule has 116 valence electrons. The molecule has 3 aromatic rings. The lowest BCUT2D eigenvalue weighted by molar-refractivity contribution is -0.136. The van der Waals surface area contributed by atoms with Gasteiger partial charge in [0, 0.05) is 12.6 Å². The second kappa shape index (κ2) is 6.83. The summed E-state index contributed by atoms with van der Waals surface area (Å²) in [6, 6.07) is 13.0. The second-order valence-electron chi connectivity index (χ2n) is 4.97. The molecule has 0 aliphatic carbocycles. The van der Waals surface area contributed by atoms with E-state index in [2.05, 4.69) is 15.0 Å². The monoisotopic (exact) mass is 309 g/mol. The highest BCUT2D eigenvalue weighted by Gasteiger charge is 2.12. The molecular weight excluding hydrogens is 294 g/mol. The van der Waals surface area contributed by atoms with Crippen LogP contribution < -0.4 is 4.74 Å². The summed E-state index contributed by atoms with van der Waals surface area (Å²) in [6.45, 7) is 0.258. The summed E-state index contributed by atoms with van der Waals surface area (Å²) in [5.41, 5.74) is 2.74. The normalized spacial score (nSPS) is 10.6. The van der Waals surface area contributed by atoms with Gasteiger partial charge >= 0.3 is 5.97 Å². The molecule has 0 fully saturated rings. The van der Waals surface area contributed by atoms with Crippen LogP contribution in [0.15, 0.2) is 48.7 Å². The van der Waals surface area contributed by atoms with Gasteiger partial charge < -0.3 is 9.84 Å². The van der Waals surface area contributed by atoms with Crippen LogP contribution in [0.5, 0.6) is 5.88 Å². The van der Waals surface area contributed by atoms with Gasteiger partial charge in [-0.25, -0.2) is 9.97 Å². The first-order valence-corrected chi connectivity index (χ1v) is 7.22. The van der Waals surface area contributed by atoms with Crippen LogP contribution >= 0.6 is 0 Å². The number of carbonyl (C=O) groups is 1. The minimum atomic E-state index is -0.879. The molecule has 2 heterocycles. The minimum Gasteiger partial charge on any atom is -0.481 e. The highest BCUT2D eigenvalue weighted by Crippen LogP contribution is 2.21. The van der Waals surface area contributed by atoms with E-state index >= 15 is 0 Å². The Bertz CT molecular complexity index is 822. The zero-order valence-corrected chi connectivity index (χ0v) is 12.3. The zero-order chi connectivity index (χ0) is 16.1. The van der Waals surface area contributed by atoms with Crippen molar-refractivity contribution in [3.05, 3.63) is 60.0 Å². The highest BCUT2D eigenvalue weighted by atomic mass is 16.5. The van der Waals surface area contributed by atoms with Crippen molar-refractivity contribution in [2.24, 2.45) is 0 Å². The Labute approximate surface area is 132 Å². The summed E-state index contributed by atoms with van der Waals surface area (Å²) < 4.78 is 5.73. The van der Waals surface area contributed by atoms with Crippen LogP contribution in [-0.4, -0.2) is 26.0 Å². The Morgan fingerprint density at radius 3 is 2.48 bits per heavy atom. The summed E-state index contributed by atoms with van der Waals surface area (Å²) in [5.74, 6) is -0.522. The number of carboxylic acid groups (broad SMARTS) is 1. The smallest absolute Gasteiger partial charge is 0.303 e. The molecule has 0 spiro atoms. The number of rotatable bonds is 6. The third-order valence-corrected chi connectivity index (χ3v) is 3.26. The van der Waals surface area contributed by atoms with Crippen molar-refractivity contribution in [2.45, 2.75) is 19.4 Å². The van der Waals surface area contributed by atoms with Crippen molar-refractivity contribution < 1.29 is 14.6 Å². The van der Waals surface area contributed by atoms with Crippen molar-refractivity contribution in [3.8, 4) is 5.88 Å². The number of para-hydroxylation sites is 2. The SMILES string of the molecule is O=C(O)CCc1nc2ccccc2nc1OCc1ccccn1. The number of aromatic nitrogens is 3. The average molecular weight is 309 g/mol. The van der Waals surface area contributed by atoms with Gasteiger partial charge in [-0.2, -0.15) is 0 Å². The second-order valence-corrected chi connectivity index (χ2v) is 4.97. The van der Waals surface area contributed by atoms with Gasteiger partial charge in [0.25, 0.3) is 0 Å². The van der Waals surface area contributed by atoms with Crippen molar-refractivity contribution in [1.82, 2.24) is 15.0 Å². The van der Waals surface area contributed by atoms with Crippen molar-refractivity contribution in [2.75, 3.05) is 0 Å². The van der Waals surface area contributed by atoms with Gasteiger partial charge in [-0.05, 0) is 24.3 Å². The van der Waals surface area contributed by atoms with E-state index in [9.17, 15) is 4.79 Å². The quantitative estimate of drug-likeness (QED) is 0.753. The molecule has 1 N–H and O–H groups in total. The maximum atomic E-state index is 10.8. The maximum Gasteiger partial charge on any atom is 0.303 e. The fraction of sp³-hybridized carbons (Fsp3) is 0.176. The molecule has 0 saturated heterocycles. The van der Waals surface area contributed by atoms with E-state index in [0.717, 1.165) is 11.2 Å². The third-order valence-electron chi connectivity index (χ3n) is 3.26. The van der Waals surface area contributed by atoms with E-state index in [-0.39, 0.29) is 19.4 Å². The number of pyridine rings is 1. The maximum absolute atomic E-state index is 10.8. The molecule has 0 aliphatic heterocycles. The largest absolute Gasteiger partial charge is 0.481 e. The lowest BCUT2D eigenvalue weighted by Gasteiger charge is -2.10. The summed E-state index contributed by atoms with van der Waals surface area (Å²) in [6.07, 6.45) is 1.94. The lowest BCUT2D eigenvalue weighted by atomic mass is 10.2. The van der Waals surface area contributed by atoms with Crippen molar-refractivity contribution in [1.29, 1.82) is 0 Å². The molecule has 1 aromatic carbocycles. The Morgan fingerprint density at radius 2 is 1.78 bits per heavy atom. The van der Waals surface area contributed by atoms with E-state index in [1.54, 1.807) is 6.20 Å². The van der Waals surface area contributed by atoms with Crippen LogP contribution in [0.1, 0.15) is 17.8 Å². The number of nitrogens with zero attached hydrogens (tertiary/aromatic N) is 3. The Balaban J connectivity index is 1.88. The Hall–Kier alpha value is -3.02. The van der Waals surface area contributed by atoms with Gasteiger partial charge in [-0.3, -0.25) is 9.78 Å². The average Bonchev–Trinajstić information content (AvgIpc) is 2.58. The molecule has 0 unspecified atom stereocenters. The molecule has 0 saturated carbocycles. The Kier molecular flexibility index (Phi) is 4.42. The number of ether oxygens (including phenoxy) is 1. The number of hydrogen-bond donors (Lipinski definition) is 1. The van der Waals surface area contributed by atoms with Crippen molar-refractivity contribution in [3.63, 3.8) is 0 Å². The number of fused-ring (bicyclic) bond motifs is 1. The van der Waals surface area contributed by atoms with Crippen molar-refractivity contribution >= 4 is 17.0 Å². The first-order chi connectivity index (χ1) is 11.2. The molecular formula is C17H15N3O3. The molecule has 0 radical (unpaired) electrons. The molecule has 0 aliphatic rings. The highest BCUT2D eigenvalue weighted by molar-refractivity contribution is 5.75. The molecule has 6 heteroatoms. The van der Waals surface area contributed by atoms with Gasteiger partial charge in [-0.15, -0.1) is 0 Å². The fourth-order valence-corrected chi connectivity index (χ4v) is 2.15. The fourth-order valence-electron chi connectivity index (χ4n) is 2.15. The molecule has 0 bridgehead atoms. The van der Waals surface area contributed by atoms with E-state index in [1.165, 1.54) is 0 Å². The Morgan fingerprint density at radius 1 is 1.04 bits per heavy atom. The number of aliphatic carboxylic acids is 1. The predicted octanol–water partition coefficient (Wildman–Crippen LogP) is 2.62. The van der Waals surface area contributed by atoms with Crippen LogP contribution in [-0.2, 0) is 17.8 Å². The number of benzene rings is 1. The van der Waals surface area contributed by atoms with Crippen LogP contribution in [0.4, 0.5) is 0 Å². The van der Waals surface area contributed by atoms with Crippen LogP contribution in [0, 0.1) is 0 Å². The summed E-state index contributed by atoms with van der Waals surface area (Å²) in [4.78, 5) is 24.0. The summed E-state index contributed by atoms with van der Waals surface area (Å²) in [5, 5.41) is 8.89. The van der Waals surface area contributed by atoms with E-state index in [1.807, 2.05) is 42.5 Å². The van der Waals surface area contributed by atoms with E-state index < -0.39 is 5.97 Å². The van der Waals surface area contributed by atoms with Gasteiger partial charge in [0.15, 0.2) is 0 Å².